The van der Waals surface area contributed by atoms with Gasteiger partial charge in [-0.3, -0.25) is 14.7 Å². The van der Waals surface area contributed by atoms with Gasteiger partial charge in [-0.1, -0.05) is 0 Å². The van der Waals surface area contributed by atoms with E-state index in [0.717, 1.165) is 23.2 Å². The lowest BCUT2D eigenvalue weighted by atomic mass is 10.1. The topological polar surface area (TPSA) is 110 Å². The highest BCUT2D eigenvalue weighted by Gasteiger charge is 2.35. The fourth-order valence-corrected chi connectivity index (χ4v) is 4.65. The Kier molecular flexibility index (Phi) is 5.35. The number of anilines is 2. The number of nitrogens with one attached hydrogen (secondary N) is 1. The lowest BCUT2D eigenvalue weighted by Crippen LogP contribution is -2.35. The largest absolute Gasteiger partial charge is 0.465 e. The predicted octanol–water partition coefficient (Wildman–Crippen LogP) is 1.77. The number of hydrogen-bond donors (Lipinski definition) is 1. The number of carbonyl (C=O) groups excluding carboxylic acids is 2. The Morgan fingerprint density at radius 1 is 1.21 bits per heavy atom. The molecule has 2 aromatic heterocycles. The minimum absolute atomic E-state index is 0.114. The van der Waals surface area contributed by atoms with E-state index in [4.69, 9.17) is 9.47 Å². The number of halogens is 1. The lowest BCUT2D eigenvalue weighted by molar-refractivity contribution is -0.118. The second kappa shape index (κ2) is 8.22. The Labute approximate surface area is 190 Å². The maximum Gasteiger partial charge on any atom is 0.415 e. The molecule has 2 aromatic rings. The maximum absolute atomic E-state index is 14.5. The Balaban J connectivity index is 1.19. The van der Waals surface area contributed by atoms with Crippen LogP contribution >= 0.6 is 0 Å². The molecule has 33 heavy (non-hydrogen) atoms. The van der Waals surface area contributed by atoms with Crippen molar-refractivity contribution in [2.75, 3.05) is 37.0 Å². The van der Waals surface area contributed by atoms with Crippen molar-refractivity contribution < 1.29 is 23.5 Å². The molecule has 0 aromatic carbocycles. The molecular formula is C22H25FN6O4. The van der Waals surface area contributed by atoms with E-state index in [0.29, 0.717) is 37.4 Å². The zero-order valence-electron chi connectivity index (χ0n) is 18.7. The van der Waals surface area contributed by atoms with Crippen molar-refractivity contribution in [2.45, 2.75) is 45.3 Å². The molecule has 5 rings (SSSR count). The first-order chi connectivity index (χ1) is 15.8. The SMILES string of the molecule is Cc1nc(C)c2c(c1F)CC(N(C)CCC1CN(c3cnc4c(n3)NC(=O)CO4)C(=O)O1)C2. The molecule has 1 aliphatic carbocycles. The molecular weight excluding hydrogens is 431 g/mol. The number of aryl methyl sites for hydroxylation is 2. The Morgan fingerprint density at radius 3 is 2.82 bits per heavy atom. The third kappa shape index (κ3) is 3.97. The molecule has 0 spiro atoms. The van der Waals surface area contributed by atoms with E-state index in [1.807, 2.05) is 14.0 Å². The summed E-state index contributed by atoms with van der Waals surface area (Å²) in [6.07, 6.45) is 2.65. The first-order valence-electron chi connectivity index (χ1n) is 10.9. The summed E-state index contributed by atoms with van der Waals surface area (Å²) in [5, 5.41) is 2.59. The average molecular weight is 456 g/mol. The highest BCUT2D eigenvalue weighted by Crippen LogP contribution is 2.31. The van der Waals surface area contributed by atoms with E-state index in [-0.39, 0.29) is 42.2 Å². The lowest BCUT2D eigenvalue weighted by Gasteiger charge is -2.25. The average Bonchev–Trinajstić information content (AvgIpc) is 3.40. The number of ether oxygens (including phenoxy) is 2. The molecule has 0 bridgehead atoms. The molecule has 0 saturated carbocycles. The summed E-state index contributed by atoms with van der Waals surface area (Å²) >= 11 is 0. The van der Waals surface area contributed by atoms with Gasteiger partial charge in [0.1, 0.15) is 11.9 Å². The Morgan fingerprint density at radius 2 is 2.00 bits per heavy atom. The number of hydrogen-bond acceptors (Lipinski definition) is 8. The van der Waals surface area contributed by atoms with Crippen LogP contribution in [0.1, 0.15) is 28.9 Å². The van der Waals surface area contributed by atoms with Gasteiger partial charge in [0.25, 0.3) is 11.8 Å². The molecule has 10 nitrogen and oxygen atoms in total. The van der Waals surface area contributed by atoms with Crippen LogP contribution in [-0.4, -0.2) is 70.7 Å². The monoisotopic (exact) mass is 456 g/mol. The Hall–Kier alpha value is -3.34. The van der Waals surface area contributed by atoms with E-state index in [2.05, 4.69) is 25.2 Å². The van der Waals surface area contributed by atoms with Gasteiger partial charge in [-0.25, -0.2) is 19.2 Å². The molecule has 1 fully saturated rings. The summed E-state index contributed by atoms with van der Waals surface area (Å²) in [6, 6.07) is 0.181. The highest BCUT2D eigenvalue weighted by molar-refractivity contribution is 5.94. The minimum atomic E-state index is -0.507. The molecule has 2 atom stereocenters. The van der Waals surface area contributed by atoms with Crippen molar-refractivity contribution in [1.82, 2.24) is 19.9 Å². The summed E-state index contributed by atoms with van der Waals surface area (Å²) in [5.74, 6) is 0.181. The van der Waals surface area contributed by atoms with Crippen LogP contribution in [0.2, 0.25) is 0 Å². The smallest absolute Gasteiger partial charge is 0.415 e. The first kappa shape index (κ1) is 21.5. The van der Waals surface area contributed by atoms with Crippen molar-refractivity contribution in [3.05, 3.63) is 34.5 Å². The van der Waals surface area contributed by atoms with Crippen molar-refractivity contribution >= 4 is 23.6 Å². The van der Waals surface area contributed by atoms with E-state index < -0.39 is 6.09 Å². The molecule has 2 aliphatic heterocycles. The van der Waals surface area contributed by atoms with Crippen LogP contribution in [0.25, 0.3) is 0 Å². The van der Waals surface area contributed by atoms with Crippen molar-refractivity contribution in [2.24, 2.45) is 0 Å². The minimum Gasteiger partial charge on any atom is -0.465 e. The number of nitrogens with zero attached hydrogens (tertiary/aromatic N) is 5. The van der Waals surface area contributed by atoms with Crippen LogP contribution in [-0.2, 0) is 22.4 Å². The number of rotatable bonds is 5. The fraction of sp³-hybridized carbons (Fsp3) is 0.500. The molecule has 2 amide bonds. The third-order valence-corrected chi connectivity index (χ3v) is 6.50. The molecule has 0 radical (unpaired) electrons. The quantitative estimate of drug-likeness (QED) is 0.725. The van der Waals surface area contributed by atoms with E-state index in [9.17, 15) is 14.0 Å². The number of likely N-dealkylation sites (N-methyl/N-ethyl adjacent to an activating group) is 1. The molecule has 1 N–H and O–H groups in total. The van der Waals surface area contributed by atoms with Gasteiger partial charge in [-0.05, 0) is 51.3 Å². The van der Waals surface area contributed by atoms with Crippen LogP contribution in [0, 0.1) is 19.7 Å². The van der Waals surface area contributed by atoms with Gasteiger partial charge in [0.15, 0.2) is 18.2 Å². The van der Waals surface area contributed by atoms with E-state index in [1.54, 1.807) is 6.92 Å². The number of fused-ring (bicyclic) bond motifs is 2. The maximum atomic E-state index is 14.5. The first-order valence-corrected chi connectivity index (χ1v) is 10.9. The number of cyclic esters (lactones) is 1. The number of pyridine rings is 1. The summed E-state index contributed by atoms with van der Waals surface area (Å²) in [4.78, 5) is 40.3. The summed E-state index contributed by atoms with van der Waals surface area (Å²) in [6.45, 7) is 4.54. The summed E-state index contributed by atoms with van der Waals surface area (Å²) in [5.41, 5.74) is 3.13. The van der Waals surface area contributed by atoms with Crippen LogP contribution < -0.4 is 15.0 Å². The van der Waals surface area contributed by atoms with Crippen LogP contribution in [0.4, 0.5) is 20.8 Å². The second-order valence-electron chi connectivity index (χ2n) is 8.72. The number of carbonyl (C=O) groups is 2. The zero-order valence-corrected chi connectivity index (χ0v) is 18.7. The van der Waals surface area contributed by atoms with Crippen LogP contribution in [0.3, 0.4) is 0 Å². The normalized spacial score (nSPS) is 21.5. The van der Waals surface area contributed by atoms with Gasteiger partial charge in [0.05, 0.1) is 18.4 Å². The third-order valence-electron chi connectivity index (χ3n) is 6.50. The zero-order chi connectivity index (χ0) is 23.3. The van der Waals surface area contributed by atoms with Gasteiger partial charge in [-0.2, -0.15) is 0 Å². The van der Waals surface area contributed by atoms with Crippen LogP contribution in [0.5, 0.6) is 5.88 Å². The molecule has 11 heteroatoms. The van der Waals surface area contributed by atoms with Gasteiger partial charge in [0, 0.05) is 18.3 Å². The van der Waals surface area contributed by atoms with Crippen molar-refractivity contribution in [3.8, 4) is 5.88 Å². The fourth-order valence-electron chi connectivity index (χ4n) is 4.65. The van der Waals surface area contributed by atoms with Gasteiger partial charge in [0.2, 0.25) is 0 Å². The predicted molar refractivity (Wildman–Crippen MR) is 116 cm³/mol. The van der Waals surface area contributed by atoms with Gasteiger partial charge in [-0.15, -0.1) is 0 Å². The molecule has 4 heterocycles. The summed E-state index contributed by atoms with van der Waals surface area (Å²) in [7, 11) is 2.01. The van der Waals surface area contributed by atoms with E-state index >= 15 is 0 Å². The highest BCUT2D eigenvalue weighted by atomic mass is 19.1. The number of amides is 2. The second-order valence-corrected chi connectivity index (χ2v) is 8.72. The number of aromatic nitrogens is 3. The van der Waals surface area contributed by atoms with Crippen molar-refractivity contribution in [3.63, 3.8) is 0 Å². The van der Waals surface area contributed by atoms with Crippen LogP contribution in [0.15, 0.2) is 6.20 Å². The Bertz CT molecular complexity index is 1140. The standard InChI is InChI=1S/C22H25FN6O4/c1-11-15-6-13(7-16(15)19(23)12(2)25-11)28(3)5-4-14-9-29(22(31)33-14)17-8-24-21-20(26-17)27-18(30)10-32-21/h8,13-14H,4-7,9-10H2,1-3H3,(H,26,27,30). The molecule has 2 unspecified atom stereocenters. The summed E-state index contributed by atoms with van der Waals surface area (Å²) < 4.78 is 25.3. The molecule has 174 valence electrons. The van der Waals surface area contributed by atoms with E-state index in [1.165, 1.54) is 11.1 Å². The molecule has 1 saturated heterocycles. The van der Waals surface area contributed by atoms with Crippen molar-refractivity contribution in [1.29, 1.82) is 0 Å². The van der Waals surface area contributed by atoms with Gasteiger partial charge < -0.3 is 19.7 Å². The molecule has 3 aliphatic rings. The van der Waals surface area contributed by atoms with Gasteiger partial charge >= 0.3 is 6.09 Å².